The average molecular weight is 326 g/mol. The van der Waals surface area contributed by atoms with Crippen LogP contribution in [0.4, 0.5) is 11.5 Å². The third-order valence-corrected chi connectivity index (χ3v) is 4.28. The Bertz CT molecular complexity index is 729. The number of nitrogens with zero attached hydrogens (tertiary/aromatic N) is 3. The number of aromatic nitrogens is 1. The summed E-state index contributed by atoms with van der Waals surface area (Å²) < 4.78 is 0. The van der Waals surface area contributed by atoms with Crippen LogP contribution in [0.3, 0.4) is 0 Å². The molecule has 0 saturated heterocycles. The molecule has 2 N–H and O–H groups in total. The third kappa shape index (κ3) is 3.54. The van der Waals surface area contributed by atoms with Crippen LogP contribution in [0.25, 0.3) is 11.3 Å². The topological polar surface area (TPSA) is 77.8 Å². The van der Waals surface area contributed by atoms with Gasteiger partial charge in [0.05, 0.1) is 17.1 Å². The molecule has 24 heavy (non-hydrogen) atoms. The summed E-state index contributed by atoms with van der Waals surface area (Å²) >= 11 is 0. The number of aliphatic hydroxyl groups is 1. The van der Waals surface area contributed by atoms with E-state index in [1.165, 1.54) is 5.01 Å². The molecule has 1 aromatic heterocycles. The largest absolute Gasteiger partial charge is 0.389 e. The van der Waals surface area contributed by atoms with Crippen LogP contribution >= 0.6 is 0 Å². The normalized spacial score (nSPS) is 15.0. The molecule has 0 aliphatic heterocycles. The third-order valence-electron chi connectivity index (χ3n) is 4.28. The lowest BCUT2D eigenvalue weighted by molar-refractivity contribution is 0.199. The van der Waals surface area contributed by atoms with E-state index in [2.05, 4.69) is 15.6 Å². The van der Waals surface area contributed by atoms with Crippen molar-refractivity contribution in [2.24, 2.45) is 11.2 Å². The van der Waals surface area contributed by atoms with E-state index >= 15 is 0 Å². The number of aliphatic hydroxyl groups excluding tert-OH is 1. The minimum atomic E-state index is -0.527. The SMILES string of the molecule is CNc1nc(-c2cccc(C(C)O)c2)ccc1N(CC1CC1)N=O. The van der Waals surface area contributed by atoms with E-state index in [0.29, 0.717) is 24.0 Å². The first-order chi connectivity index (χ1) is 11.6. The Morgan fingerprint density at radius 2 is 2.17 bits per heavy atom. The number of anilines is 2. The van der Waals surface area contributed by atoms with Gasteiger partial charge in [0.15, 0.2) is 5.82 Å². The van der Waals surface area contributed by atoms with Gasteiger partial charge in [0.25, 0.3) is 0 Å². The zero-order chi connectivity index (χ0) is 17.1. The van der Waals surface area contributed by atoms with Crippen molar-refractivity contribution in [3.63, 3.8) is 0 Å². The van der Waals surface area contributed by atoms with Crippen molar-refractivity contribution in [1.82, 2.24) is 4.98 Å². The van der Waals surface area contributed by atoms with Gasteiger partial charge in [0.1, 0.15) is 5.69 Å². The maximum absolute atomic E-state index is 11.2. The van der Waals surface area contributed by atoms with Gasteiger partial charge in [-0.1, -0.05) is 18.2 Å². The quantitative estimate of drug-likeness (QED) is 0.598. The Hall–Kier alpha value is -2.47. The zero-order valence-corrected chi connectivity index (χ0v) is 13.9. The van der Waals surface area contributed by atoms with E-state index in [1.807, 2.05) is 36.4 Å². The molecule has 3 rings (SSSR count). The Morgan fingerprint density at radius 3 is 2.79 bits per heavy atom. The number of hydrogen-bond acceptors (Lipinski definition) is 5. The van der Waals surface area contributed by atoms with E-state index in [4.69, 9.17) is 0 Å². The van der Waals surface area contributed by atoms with Gasteiger partial charge in [-0.15, -0.1) is 4.91 Å². The number of rotatable bonds is 7. The average Bonchev–Trinajstić information content (AvgIpc) is 3.43. The smallest absolute Gasteiger partial charge is 0.152 e. The van der Waals surface area contributed by atoms with Gasteiger partial charge in [-0.25, -0.2) is 9.99 Å². The van der Waals surface area contributed by atoms with E-state index < -0.39 is 6.10 Å². The van der Waals surface area contributed by atoms with Crippen molar-refractivity contribution < 1.29 is 5.11 Å². The minimum Gasteiger partial charge on any atom is -0.389 e. The van der Waals surface area contributed by atoms with Gasteiger partial charge >= 0.3 is 0 Å². The molecule has 1 aliphatic carbocycles. The highest BCUT2D eigenvalue weighted by Crippen LogP contribution is 2.34. The molecule has 1 saturated carbocycles. The summed E-state index contributed by atoms with van der Waals surface area (Å²) in [5.74, 6) is 1.17. The Labute approximate surface area is 141 Å². The van der Waals surface area contributed by atoms with E-state index in [0.717, 1.165) is 29.7 Å². The van der Waals surface area contributed by atoms with Crippen LogP contribution in [0, 0.1) is 10.8 Å². The van der Waals surface area contributed by atoms with Gasteiger partial charge < -0.3 is 10.4 Å². The molecule has 126 valence electrons. The standard InChI is InChI=1S/C18H22N4O2/c1-12(23)14-4-3-5-15(10-14)16-8-9-17(18(19-2)20-16)22(21-24)11-13-6-7-13/h3-5,8-10,12-13,23H,6-7,11H2,1-2H3,(H,19,20). The summed E-state index contributed by atoms with van der Waals surface area (Å²) in [5.41, 5.74) is 3.23. The molecule has 1 atom stereocenters. The van der Waals surface area contributed by atoms with Crippen molar-refractivity contribution in [3.8, 4) is 11.3 Å². The highest BCUT2D eigenvalue weighted by Gasteiger charge is 2.26. The van der Waals surface area contributed by atoms with Crippen molar-refractivity contribution in [3.05, 3.63) is 46.9 Å². The predicted molar refractivity (Wildman–Crippen MR) is 95.7 cm³/mol. The molecule has 0 bridgehead atoms. The first-order valence-electron chi connectivity index (χ1n) is 8.20. The number of nitrogens with one attached hydrogen (secondary N) is 1. The van der Waals surface area contributed by atoms with Crippen molar-refractivity contribution in [2.45, 2.75) is 25.9 Å². The summed E-state index contributed by atoms with van der Waals surface area (Å²) in [6.45, 7) is 2.37. The second-order valence-electron chi connectivity index (χ2n) is 6.22. The number of nitroso groups, excluding NO2 is 1. The summed E-state index contributed by atoms with van der Waals surface area (Å²) in [6.07, 6.45) is 1.78. The molecule has 2 aromatic rings. The van der Waals surface area contributed by atoms with Gasteiger partial charge in [0.2, 0.25) is 0 Å². The van der Waals surface area contributed by atoms with Crippen molar-refractivity contribution in [2.75, 3.05) is 23.9 Å². The van der Waals surface area contributed by atoms with E-state index in [1.54, 1.807) is 14.0 Å². The van der Waals surface area contributed by atoms with Gasteiger partial charge in [-0.05, 0) is 49.4 Å². The summed E-state index contributed by atoms with van der Waals surface area (Å²) in [4.78, 5) is 15.8. The summed E-state index contributed by atoms with van der Waals surface area (Å²) in [7, 11) is 1.78. The van der Waals surface area contributed by atoms with E-state index in [-0.39, 0.29) is 0 Å². The Kier molecular flexibility index (Phi) is 4.76. The van der Waals surface area contributed by atoms with Crippen LogP contribution in [0.2, 0.25) is 0 Å². The molecule has 1 unspecified atom stereocenters. The summed E-state index contributed by atoms with van der Waals surface area (Å²) in [6, 6.07) is 11.4. The van der Waals surface area contributed by atoms with Crippen LogP contribution < -0.4 is 10.3 Å². The second kappa shape index (κ2) is 6.97. The fourth-order valence-corrected chi connectivity index (χ4v) is 2.68. The number of benzene rings is 1. The molecule has 6 nitrogen and oxygen atoms in total. The van der Waals surface area contributed by atoms with Crippen LogP contribution in [-0.2, 0) is 0 Å². The molecule has 0 spiro atoms. The molecule has 0 amide bonds. The van der Waals surface area contributed by atoms with Gasteiger partial charge in [-0.3, -0.25) is 0 Å². The van der Waals surface area contributed by atoms with Crippen LogP contribution in [0.15, 0.2) is 41.7 Å². The maximum atomic E-state index is 11.2. The molecular weight excluding hydrogens is 304 g/mol. The zero-order valence-electron chi connectivity index (χ0n) is 13.9. The van der Waals surface area contributed by atoms with Gasteiger partial charge in [0, 0.05) is 19.2 Å². The fourth-order valence-electron chi connectivity index (χ4n) is 2.68. The molecule has 1 fully saturated rings. The number of hydrogen-bond donors (Lipinski definition) is 2. The fraction of sp³-hybridized carbons (Fsp3) is 0.389. The van der Waals surface area contributed by atoms with E-state index in [9.17, 15) is 10.0 Å². The minimum absolute atomic E-state index is 0.527. The van der Waals surface area contributed by atoms with Crippen LogP contribution in [0.1, 0.15) is 31.4 Å². The molecule has 1 aliphatic rings. The molecule has 1 heterocycles. The lowest BCUT2D eigenvalue weighted by Gasteiger charge is -2.18. The predicted octanol–water partition coefficient (Wildman–Crippen LogP) is 3.74. The van der Waals surface area contributed by atoms with Crippen molar-refractivity contribution >= 4 is 11.5 Å². The maximum Gasteiger partial charge on any atom is 0.152 e. The lowest BCUT2D eigenvalue weighted by Crippen LogP contribution is -2.20. The number of pyridine rings is 1. The highest BCUT2D eigenvalue weighted by molar-refractivity contribution is 5.71. The van der Waals surface area contributed by atoms with Crippen LogP contribution in [-0.4, -0.2) is 23.7 Å². The second-order valence-corrected chi connectivity index (χ2v) is 6.22. The van der Waals surface area contributed by atoms with Gasteiger partial charge in [-0.2, -0.15) is 0 Å². The monoisotopic (exact) mass is 326 g/mol. The summed E-state index contributed by atoms with van der Waals surface area (Å²) in [5, 5.41) is 17.4. The first kappa shape index (κ1) is 16.4. The Balaban J connectivity index is 1.93. The first-order valence-corrected chi connectivity index (χ1v) is 8.20. The lowest BCUT2D eigenvalue weighted by atomic mass is 10.0. The van der Waals surface area contributed by atoms with Crippen LogP contribution in [0.5, 0.6) is 0 Å². The molecular formula is C18H22N4O2. The highest BCUT2D eigenvalue weighted by atomic mass is 16.3. The molecule has 1 aromatic carbocycles. The van der Waals surface area contributed by atoms with Crippen molar-refractivity contribution in [1.29, 1.82) is 0 Å². The molecule has 0 radical (unpaired) electrons. The molecule has 6 heteroatoms. The Morgan fingerprint density at radius 1 is 1.38 bits per heavy atom.